The van der Waals surface area contributed by atoms with Crippen molar-refractivity contribution < 1.29 is 9.84 Å². The van der Waals surface area contributed by atoms with Crippen molar-refractivity contribution in [3.8, 4) is 0 Å². The molecule has 0 spiro atoms. The second-order valence-corrected chi connectivity index (χ2v) is 4.39. The fourth-order valence-corrected chi connectivity index (χ4v) is 2.16. The third-order valence-corrected chi connectivity index (χ3v) is 3.24. The van der Waals surface area contributed by atoms with Gasteiger partial charge in [-0.1, -0.05) is 43.7 Å². The van der Waals surface area contributed by atoms with Gasteiger partial charge in [0.15, 0.2) is 5.60 Å². The van der Waals surface area contributed by atoms with E-state index in [9.17, 15) is 5.11 Å². The van der Waals surface area contributed by atoms with Crippen LogP contribution in [0.25, 0.3) is 0 Å². The molecule has 0 saturated heterocycles. The Morgan fingerprint density at radius 3 is 2.50 bits per heavy atom. The van der Waals surface area contributed by atoms with E-state index in [-0.39, 0.29) is 5.95 Å². The summed E-state index contributed by atoms with van der Waals surface area (Å²) in [5.41, 5.74) is 1.72. The van der Waals surface area contributed by atoms with Crippen LogP contribution in [0.5, 0.6) is 0 Å². The van der Waals surface area contributed by atoms with Gasteiger partial charge in [-0.05, 0) is 25.3 Å². The van der Waals surface area contributed by atoms with Crippen LogP contribution in [-0.2, 0) is 10.3 Å². The molecule has 0 bridgehead atoms. The summed E-state index contributed by atoms with van der Waals surface area (Å²) in [4.78, 5) is 0. The van der Waals surface area contributed by atoms with Crippen LogP contribution in [0.4, 0.5) is 0 Å². The number of ether oxygens (including phenoxy) is 1. The smallest absolute Gasteiger partial charge is 0.281 e. The van der Waals surface area contributed by atoms with Gasteiger partial charge in [-0.2, -0.15) is 0 Å². The molecule has 16 heavy (non-hydrogen) atoms. The highest BCUT2D eigenvalue weighted by Crippen LogP contribution is 2.46. The Morgan fingerprint density at radius 1 is 1.25 bits per heavy atom. The number of aliphatic hydroxyl groups excluding tert-OH is 1. The minimum Gasteiger partial charge on any atom is -0.481 e. The first-order valence-electron chi connectivity index (χ1n) is 5.85. The van der Waals surface area contributed by atoms with Crippen LogP contribution in [-0.4, -0.2) is 5.11 Å². The topological polar surface area (TPSA) is 29.5 Å². The molecule has 0 radical (unpaired) electrons. The molecular weight excluding hydrogens is 200 g/mol. The third-order valence-electron chi connectivity index (χ3n) is 3.24. The van der Waals surface area contributed by atoms with Crippen molar-refractivity contribution in [1.29, 1.82) is 0 Å². The highest BCUT2D eigenvalue weighted by atomic mass is 16.6. The van der Waals surface area contributed by atoms with Gasteiger partial charge in [0.05, 0.1) is 5.57 Å². The van der Waals surface area contributed by atoms with E-state index in [1.54, 1.807) is 0 Å². The predicted octanol–water partition coefficient (Wildman–Crippen LogP) is 3.89. The monoisotopic (exact) mass is 218 g/mol. The zero-order chi connectivity index (χ0) is 11.6. The maximum atomic E-state index is 9.59. The van der Waals surface area contributed by atoms with Crippen LogP contribution in [0.15, 0.2) is 41.9 Å². The highest BCUT2D eigenvalue weighted by molar-refractivity contribution is 5.37. The van der Waals surface area contributed by atoms with Crippen LogP contribution in [0.2, 0.25) is 0 Å². The molecular formula is C14H18O2. The Bertz CT molecular complexity index is 394. The quantitative estimate of drug-likeness (QED) is 0.830. The molecule has 2 heteroatoms. The largest absolute Gasteiger partial charge is 0.481 e. The summed E-state index contributed by atoms with van der Waals surface area (Å²) >= 11 is 0. The molecule has 2 rings (SSSR count). The molecule has 1 atom stereocenters. The maximum Gasteiger partial charge on any atom is 0.281 e. The second kappa shape index (κ2) is 4.20. The lowest BCUT2D eigenvalue weighted by Gasteiger charge is -2.41. The van der Waals surface area contributed by atoms with E-state index in [0.717, 1.165) is 30.4 Å². The third kappa shape index (κ3) is 1.69. The van der Waals surface area contributed by atoms with Crippen LogP contribution in [0, 0.1) is 0 Å². The minimum absolute atomic E-state index is 0.125. The van der Waals surface area contributed by atoms with Gasteiger partial charge in [0.1, 0.15) is 0 Å². The van der Waals surface area contributed by atoms with Crippen molar-refractivity contribution in [3.05, 3.63) is 47.4 Å². The lowest BCUT2D eigenvalue weighted by molar-refractivity contribution is -0.0841. The van der Waals surface area contributed by atoms with E-state index in [4.69, 9.17) is 4.74 Å². The van der Waals surface area contributed by atoms with E-state index in [0.29, 0.717) is 0 Å². The van der Waals surface area contributed by atoms with Gasteiger partial charge in [0.25, 0.3) is 5.95 Å². The van der Waals surface area contributed by atoms with E-state index in [2.05, 4.69) is 6.92 Å². The Balaban J connectivity index is 2.22. The summed E-state index contributed by atoms with van der Waals surface area (Å²) in [7, 11) is 0. The zero-order valence-electron chi connectivity index (χ0n) is 9.86. The Kier molecular flexibility index (Phi) is 2.90. The molecule has 0 saturated carbocycles. The van der Waals surface area contributed by atoms with Crippen LogP contribution in [0.3, 0.4) is 0 Å². The summed E-state index contributed by atoms with van der Waals surface area (Å²) in [6, 6.07) is 10.1. The molecule has 1 aliphatic heterocycles. The first kappa shape index (κ1) is 11.1. The first-order chi connectivity index (χ1) is 7.68. The molecule has 0 fully saturated rings. The van der Waals surface area contributed by atoms with Crippen LogP contribution < -0.4 is 0 Å². The standard InChI is InChI=1S/C14H18O2/c1-3-4-10-12-13(15)16-14(12,2)11-8-6-5-7-9-11/h5-9,15H,3-4,10H2,1-2H3. The Hall–Kier alpha value is -1.44. The number of unbranched alkanes of at least 4 members (excludes halogenated alkanes) is 1. The van der Waals surface area contributed by atoms with E-state index in [1.807, 2.05) is 37.3 Å². The lowest BCUT2D eigenvalue weighted by atomic mass is 9.82. The molecule has 0 aromatic heterocycles. The second-order valence-electron chi connectivity index (χ2n) is 4.39. The molecule has 0 aliphatic carbocycles. The molecule has 2 nitrogen and oxygen atoms in total. The number of rotatable bonds is 4. The van der Waals surface area contributed by atoms with Gasteiger partial charge in [0.2, 0.25) is 0 Å². The van der Waals surface area contributed by atoms with Gasteiger partial charge in [-0.3, -0.25) is 0 Å². The summed E-state index contributed by atoms with van der Waals surface area (Å²) in [5.74, 6) is 0.125. The molecule has 1 N–H and O–H groups in total. The average molecular weight is 218 g/mol. The van der Waals surface area contributed by atoms with Crippen molar-refractivity contribution in [2.24, 2.45) is 0 Å². The number of hydrogen-bond donors (Lipinski definition) is 1. The average Bonchev–Trinajstić information content (AvgIpc) is 2.30. The lowest BCUT2D eigenvalue weighted by Crippen LogP contribution is -2.38. The maximum absolute atomic E-state index is 9.59. The number of aliphatic hydroxyl groups is 1. The predicted molar refractivity (Wildman–Crippen MR) is 64.1 cm³/mol. The van der Waals surface area contributed by atoms with Gasteiger partial charge >= 0.3 is 0 Å². The normalized spacial score (nSPS) is 23.9. The summed E-state index contributed by atoms with van der Waals surface area (Å²) in [6.07, 6.45) is 3.13. The van der Waals surface area contributed by atoms with E-state index >= 15 is 0 Å². The highest BCUT2D eigenvalue weighted by Gasteiger charge is 2.44. The number of hydrogen-bond acceptors (Lipinski definition) is 2. The van der Waals surface area contributed by atoms with Crippen molar-refractivity contribution >= 4 is 0 Å². The van der Waals surface area contributed by atoms with Crippen molar-refractivity contribution in [2.75, 3.05) is 0 Å². The Morgan fingerprint density at radius 2 is 1.94 bits per heavy atom. The minimum atomic E-state index is -0.416. The zero-order valence-corrected chi connectivity index (χ0v) is 9.86. The molecule has 86 valence electrons. The van der Waals surface area contributed by atoms with Gasteiger partial charge < -0.3 is 9.84 Å². The van der Waals surface area contributed by atoms with Gasteiger partial charge in [-0.15, -0.1) is 0 Å². The van der Waals surface area contributed by atoms with Crippen molar-refractivity contribution in [3.63, 3.8) is 0 Å². The fourth-order valence-electron chi connectivity index (χ4n) is 2.16. The molecule has 1 heterocycles. The summed E-state index contributed by atoms with van der Waals surface area (Å²) < 4.78 is 5.46. The molecule has 0 amide bonds. The Labute approximate surface area is 96.6 Å². The van der Waals surface area contributed by atoms with Crippen LogP contribution in [0.1, 0.15) is 38.7 Å². The summed E-state index contributed by atoms with van der Waals surface area (Å²) in [6.45, 7) is 4.17. The fraction of sp³-hybridized carbons (Fsp3) is 0.429. The molecule has 1 aromatic carbocycles. The van der Waals surface area contributed by atoms with Crippen LogP contribution >= 0.6 is 0 Å². The SMILES string of the molecule is CCCCC1=C(O)OC1(C)c1ccccc1. The summed E-state index contributed by atoms with van der Waals surface area (Å²) in [5, 5.41) is 9.59. The molecule has 1 aromatic rings. The van der Waals surface area contributed by atoms with Gasteiger partial charge in [-0.25, -0.2) is 0 Å². The van der Waals surface area contributed by atoms with Gasteiger partial charge in [0, 0.05) is 0 Å². The first-order valence-corrected chi connectivity index (χ1v) is 5.85. The van der Waals surface area contributed by atoms with E-state index in [1.165, 1.54) is 0 Å². The van der Waals surface area contributed by atoms with E-state index < -0.39 is 5.60 Å². The van der Waals surface area contributed by atoms with Crippen molar-refractivity contribution in [2.45, 2.75) is 38.7 Å². The molecule has 1 aliphatic rings. The van der Waals surface area contributed by atoms with Crippen molar-refractivity contribution in [1.82, 2.24) is 0 Å². The number of benzene rings is 1. The molecule has 1 unspecified atom stereocenters.